The summed E-state index contributed by atoms with van der Waals surface area (Å²) >= 11 is 0. The van der Waals surface area contributed by atoms with Crippen LogP contribution in [0.15, 0.2) is 47.5 Å². The predicted molar refractivity (Wildman–Crippen MR) is 109 cm³/mol. The summed E-state index contributed by atoms with van der Waals surface area (Å²) in [5, 5.41) is 3.33. The third-order valence-corrected chi connectivity index (χ3v) is 7.71. The fraction of sp³-hybridized carbons (Fsp3) is 0.500. The van der Waals surface area contributed by atoms with Crippen LogP contribution in [0.2, 0.25) is 0 Å². The molecule has 0 spiro atoms. The smallest absolute Gasteiger partial charge is 0.316 e. The highest BCUT2D eigenvalue weighted by Gasteiger charge is 2.70. The molecule has 5 nitrogen and oxygen atoms in total. The van der Waals surface area contributed by atoms with Crippen LogP contribution < -0.4 is 5.32 Å². The van der Waals surface area contributed by atoms with Crippen molar-refractivity contribution in [2.24, 2.45) is 16.7 Å². The summed E-state index contributed by atoms with van der Waals surface area (Å²) in [7, 11) is -4.02. The quantitative estimate of drug-likeness (QED) is 0.675. The largest absolute Gasteiger partial charge is 0.433 e. The average molecular weight is 455 g/mol. The zero-order valence-corrected chi connectivity index (χ0v) is 17.9. The van der Waals surface area contributed by atoms with Gasteiger partial charge in [0.2, 0.25) is 0 Å². The Morgan fingerprint density at radius 1 is 1.10 bits per heavy atom. The van der Waals surface area contributed by atoms with E-state index in [1.165, 1.54) is 37.6 Å². The molecule has 0 unspecified atom stereocenters. The monoisotopic (exact) mass is 454 g/mol. The summed E-state index contributed by atoms with van der Waals surface area (Å²) < 4.78 is 66.9. The van der Waals surface area contributed by atoms with E-state index in [0.29, 0.717) is 10.8 Å². The first kappa shape index (κ1) is 22.2. The average Bonchev–Trinajstić information content (AvgIpc) is 2.57. The van der Waals surface area contributed by atoms with Crippen LogP contribution in [0, 0.1) is 23.7 Å². The standard InChI is InChI=1S/C15H17F3N2.C7H8O3S/c16-15(17,18)12-2-1-10(4-20-12)3-13-7-14(8-13,9-13)11-5-19-6-11;1-6-2-4-7(5-3-6)11(8,9)10/h1-2,4,11,19H,3,5-9H2;2-5H,1H3,(H,8,9,10). The normalized spacial score (nSPS) is 27.3. The molecule has 4 fully saturated rings. The second kappa shape index (κ2) is 7.56. The van der Waals surface area contributed by atoms with E-state index < -0.39 is 22.0 Å². The molecule has 6 rings (SSSR count). The molecule has 3 saturated carbocycles. The molecule has 0 atom stereocenters. The van der Waals surface area contributed by atoms with Crippen molar-refractivity contribution in [3.05, 3.63) is 59.4 Å². The van der Waals surface area contributed by atoms with Crippen LogP contribution in [0.4, 0.5) is 13.2 Å². The Labute approximate surface area is 179 Å². The number of nitrogens with zero attached hydrogens (tertiary/aromatic N) is 1. The van der Waals surface area contributed by atoms with Crippen LogP contribution in [-0.4, -0.2) is 31.0 Å². The van der Waals surface area contributed by atoms with Gasteiger partial charge in [0.1, 0.15) is 5.69 Å². The molecule has 1 aliphatic heterocycles. The lowest BCUT2D eigenvalue weighted by Gasteiger charge is -2.75. The number of aromatic nitrogens is 1. The first-order valence-corrected chi connectivity index (χ1v) is 11.6. The molecule has 2 bridgehead atoms. The fourth-order valence-electron chi connectivity index (χ4n) is 5.27. The van der Waals surface area contributed by atoms with Crippen LogP contribution in [-0.2, 0) is 22.7 Å². The first-order valence-electron chi connectivity index (χ1n) is 10.2. The van der Waals surface area contributed by atoms with Crippen LogP contribution >= 0.6 is 0 Å². The van der Waals surface area contributed by atoms with Crippen molar-refractivity contribution in [2.45, 2.75) is 43.7 Å². The molecule has 2 heterocycles. The second-order valence-corrected chi connectivity index (χ2v) is 10.7. The highest BCUT2D eigenvalue weighted by Crippen LogP contribution is 2.77. The van der Waals surface area contributed by atoms with Crippen molar-refractivity contribution in [3.8, 4) is 0 Å². The van der Waals surface area contributed by atoms with Crippen molar-refractivity contribution in [3.63, 3.8) is 0 Å². The van der Waals surface area contributed by atoms with E-state index in [2.05, 4.69) is 10.3 Å². The maximum atomic E-state index is 12.5. The minimum atomic E-state index is -4.34. The molecule has 1 saturated heterocycles. The summed E-state index contributed by atoms with van der Waals surface area (Å²) in [5.74, 6) is 0.843. The Hall–Kier alpha value is -1.97. The fourth-order valence-corrected chi connectivity index (χ4v) is 5.75. The van der Waals surface area contributed by atoms with E-state index in [4.69, 9.17) is 4.55 Å². The minimum absolute atomic E-state index is 0.0666. The molecular weight excluding hydrogens is 429 g/mol. The van der Waals surface area contributed by atoms with Crippen LogP contribution in [0.5, 0.6) is 0 Å². The number of pyridine rings is 1. The van der Waals surface area contributed by atoms with Crippen molar-refractivity contribution in [1.29, 1.82) is 0 Å². The number of hydrogen-bond donors (Lipinski definition) is 2. The molecule has 2 aromatic rings. The van der Waals surface area contributed by atoms with Gasteiger partial charge in [-0.05, 0) is 86.2 Å². The second-order valence-electron chi connectivity index (χ2n) is 9.26. The van der Waals surface area contributed by atoms with Gasteiger partial charge in [-0.2, -0.15) is 21.6 Å². The maximum absolute atomic E-state index is 12.5. The van der Waals surface area contributed by atoms with Crippen LogP contribution in [0.1, 0.15) is 36.1 Å². The third-order valence-electron chi connectivity index (χ3n) is 6.84. The number of hydrogen-bond acceptors (Lipinski definition) is 4. The third kappa shape index (κ3) is 4.49. The van der Waals surface area contributed by atoms with Gasteiger partial charge in [-0.25, -0.2) is 0 Å². The van der Waals surface area contributed by atoms with Crippen molar-refractivity contribution in [1.82, 2.24) is 10.3 Å². The molecule has 4 aliphatic rings. The Balaban J connectivity index is 0.000000180. The van der Waals surface area contributed by atoms with Gasteiger partial charge in [0.25, 0.3) is 10.1 Å². The number of halogens is 3. The number of alkyl halides is 3. The molecule has 2 N–H and O–H groups in total. The van der Waals surface area contributed by atoms with Gasteiger partial charge in [0, 0.05) is 6.20 Å². The van der Waals surface area contributed by atoms with E-state index in [-0.39, 0.29) is 4.90 Å². The van der Waals surface area contributed by atoms with Crippen molar-refractivity contribution < 1.29 is 26.1 Å². The molecule has 9 heteroatoms. The Morgan fingerprint density at radius 2 is 1.71 bits per heavy atom. The predicted octanol–water partition coefficient (Wildman–Crippen LogP) is 4.27. The zero-order chi connectivity index (χ0) is 22.5. The summed E-state index contributed by atoms with van der Waals surface area (Å²) in [5.41, 5.74) is 2.05. The van der Waals surface area contributed by atoms with Gasteiger partial charge in [-0.1, -0.05) is 23.8 Å². The molecule has 0 amide bonds. The van der Waals surface area contributed by atoms with Crippen molar-refractivity contribution >= 4 is 10.1 Å². The van der Waals surface area contributed by atoms with Gasteiger partial charge in [0.15, 0.2) is 0 Å². The first-order chi connectivity index (χ1) is 14.4. The minimum Gasteiger partial charge on any atom is -0.316 e. The Morgan fingerprint density at radius 3 is 2.13 bits per heavy atom. The molecule has 168 valence electrons. The number of nitrogens with one attached hydrogen (secondary N) is 1. The van der Waals surface area contributed by atoms with E-state index in [1.54, 1.807) is 18.2 Å². The summed E-state index contributed by atoms with van der Waals surface area (Å²) in [4.78, 5) is 3.49. The lowest BCUT2D eigenvalue weighted by Crippen LogP contribution is -2.70. The highest BCUT2D eigenvalue weighted by atomic mass is 32.2. The summed E-state index contributed by atoms with van der Waals surface area (Å²) in [6.07, 6.45) is 1.73. The number of aryl methyl sites for hydroxylation is 1. The molecule has 3 aliphatic carbocycles. The maximum Gasteiger partial charge on any atom is 0.433 e. The number of rotatable bonds is 4. The topological polar surface area (TPSA) is 79.3 Å². The molecule has 1 aromatic heterocycles. The van der Waals surface area contributed by atoms with Gasteiger partial charge in [-0.15, -0.1) is 0 Å². The van der Waals surface area contributed by atoms with E-state index in [1.807, 2.05) is 6.92 Å². The Bertz CT molecular complexity index is 1030. The molecule has 1 aromatic carbocycles. The Kier molecular flexibility index (Phi) is 5.43. The van der Waals surface area contributed by atoms with Crippen LogP contribution in [0.25, 0.3) is 0 Å². The highest BCUT2D eigenvalue weighted by molar-refractivity contribution is 7.85. The van der Waals surface area contributed by atoms with Crippen molar-refractivity contribution in [2.75, 3.05) is 13.1 Å². The molecule has 31 heavy (non-hydrogen) atoms. The van der Waals surface area contributed by atoms with Gasteiger partial charge in [-0.3, -0.25) is 9.54 Å². The lowest BCUT2D eigenvalue weighted by molar-refractivity contribution is -0.242. The number of benzene rings is 1. The van der Waals surface area contributed by atoms with Gasteiger partial charge in [0.05, 0.1) is 4.90 Å². The van der Waals surface area contributed by atoms with Crippen LogP contribution in [0.3, 0.4) is 0 Å². The molecular formula is C22H25F3N2O3S. The van der Waals surface area contributed by atoms with E-state index >= 15 is 0 Å². The van der Waals surface area contributed by atoms with E-state index in [0.717, 1.165) is 42.6 Å². The van der Waals surface area contributed by atoms with Gasteiger partial charge >= 0.3 is 6.18 Å². The van der Waals surface area contributed by atoms with Gasteiger partial charge < -0.3 is 5.32 Å². The molecule has 0 radical (unpaired) electrons. The summed E-state index contributed by atoms with van der Waals surface area (Å²) in [6, 6.07) is 8.68. The SMILES string of the molecule is Cc1ccc(S(=O)(=O)O)cc1.FC(F)(F)c1ccc(CC23CC(C4CNC4)(C2)C3)cn1. The summed E-state index contributed by atoms with van der Waals surface area (Å²) in [6.45, 7) is 4.14. The zero-order valence-electron chi connectivity index (χ0n) is 17.1. The van der Waals surface area contributed by atoms with E-state index in [9.17, 15) is 21.6 Å². The lowest BCUT2D eigenvalue weighted by atomic mass is 9.30.